The molecule has 1 N–H and O–H groups in total. The smallest absolute Gasteiger partial charge is 0.317 e. The lowest BCUT2D eigenvalue weighted by molar-refractivity contribution is 0.108. The van der Waals surface area contributed by atoms with Crippen molar-refractivity contribution in [1.82, 2.24) is 20.0 Å². The lowest BCUT2D eigenvalue weighted by atomic mass is 9.90. The number of hydrogen-bond acceptors (Lipinski definition) is 3. The Morgan fingerprint density at radius 1 is 1.27 bits per heavy atom. The van der Waals surface area contributed by atoms with Gasteiger partial charge in [-0.2, -0.15) is 5.10 Å². The van der Waals surface area contributed by atoms with Crippen LogP contribution in [-0.2, 0) is 31.4 Å². The van der Waals surface area contributed by atoms with Crippen molar-refractivity contribution in [1.29, 1.82) is 0 Å². The second kappa shape index (κ2) is 7.50. The van der Waals surface area contributed by atoms with E-state index in [1.807, 2.05) is 47.0 Å². The van der Waals surface area contributed by atoms with Gasteiger partial charge in [-0.1, -0.05) is 30.3 Å². The number of likely N-dealkylation sites (tertiary alicyclic amines) is 1. The van der Waals surface area contributed by atoms with Crippen LogP contribution in [0.1, 0.15) is 41.3 Å². The van der Waals surface area contributed by atoms with Crippen LogP contribution in [-0.4, -0.2) is 40.4 Å². The molecule has 2 aliphatic heterocycles. The van der Waals surface area contributed by atoms with Gasteiger partial charge in [-0.05, 0) is 18.4 Å². The molecule has 6 heteroatoms. The van der Waals surface area contributed by atoms with Gasteiger partial charge >= 0.3 is 6.03 Å². The number of ether oxygens (including phenoxy) is 1. The highest BCUT2D eigenvalue weighted by Gasteiger charge is 2.29. The Hall–Kier alpha value is -2.34. The number of piperidine rings is 1. The SMILES string of the molecule is Cn1nc(C2CCN(C(=O)NCc3ccccc3)CC2)c2c1CCOC2. The molecule has 0 bridgehead atoms. The summed E-state index contributed by atoms with van der Waals surface area (Å²) in [6.45, 7) is 3.59. The molecule has 4 rings (SSSR count). The predicted molar refractivity (Wildman–Crippen MR) is 98.8 cm³/mol. The van der Waals surface area contributed by atoms with Crippen molar-refractivity contribution < 1.29 is 9.53 Å². The number of nitrogens with one attached hydrogen (secondary N) is 1. The van der Waals surface area contributed by atoms with E-state index in [-0.39, 0.29) is 6.03 Å². The zero-order valence-electron chi connectivity index (χ0n) is 15.3. The third kappa shape index (κ3) is 3.46. The van der Waals surface area contributed by atoms with Gasteiger partial charge in [0.25, 0.3) is 0 Å². The number of fused-ring (bicyclic) bond motifs is 1. The Morgan fingerprint density at radius 3 is 2.81 bits per heavy atom. The quantitative estimate of drug-likeness (QED) is 0.922. The summed E-state index contributed by atoms with van der Waals surface area (Å²) in [6.07, 6.45) is 2.87. The molecule has 2 aromatic rings. The third-order valence-electron chi connectivity index (χ3n) is 5.49. The van der Waals surface area contributed by atoms with E-state index in [4.69, 9.17) is 9.84 Å². The molecule has 26 heavy (non-hydrogen) atoms. The van der Waals surface area contributed by atoms with Crippen LogP contribution in [0.2, 0.25) is 0 Å². The van der Waals surface area contributed by atoms with Gasteiger partial charge in [-0.3, -0.25) is 4.68 Å². The van der Waals surface area contributed by atoms with E-state index in [0.29, 0.717) is 19.1 Å². The summed E-state index contributed by atoms with van der Waals surface area (Å²) in [5, 5.41) is 7.80. The zero-order valence-corrected chi connectivity index (χ0v) is 15.3. The number of aryl methyl sites for hydroxylation is 1. The van der Waals surface area contributed by atoms with Crippen LogP contribution in [0.4, 0.5) is 4.79 Å². The van der Waals surface area contributed by atoms with Gasteiger partial charge in [0.05, 0.1) is 18.9 Å². The van der Waals surface area contributed by atoms with Crippen molar-refractivity contribution in [3.8, 4) is 0 Å². The minimum Gasteiger partial charge on any atom is -0.376 e. The normalized spacial score (nSPS) is 17.8. The van der Waals surface area contributed by atoms with E-state index < -0.39 is 0 Å². The lowest BCUT2D eigenvalue weighted by Gasteiger charge is -2.32. The lowest BCUT2D eigenvalue weighted by Crippen LogP contribution is -2.44. The molecule has 1 aromatic heterocycles. The second-order valence-electron chi connectivity index (χ2n) is 7.14. The highest BCUT2D eigenvalue weighted by atomic mass is 16.5. The highest BCUT2D eigenvalue weighted by molar-refractivity contribution is 5.74. The fourth-order valence-corrected chi connectivity index (χ4v) is 4.01. The molecule has 1 aromatic carbocycles. The van der Waals surface area contributed by atoms with Gasteiger partial charge in [0.15, 0.2) is 0 Å². The zero-order chi connectivity index (χ0) is 17.9. The minimum absolute atomic E-state index is 0.0266. The topological polar surface area (TPSA) is 59.4 Å². The van der Waals surface area contributed by atoms with Crippen LogP contribution >= 0.6 is 0 Å². The van der Waals surface area contributed by atoms with E-state index in [9.17, 15) is 4.79 Å². The number of benzene rings is 1. The maximum Gasteiger partial charge on any atom is 0.317 e. The molecule has 138 valence electrons. The standard InChI is InChI=1S/C20H26N4O2/c1-23-18-9-12-26-14-17(18)19(22-23)16-7-10-24(11-8-16)20(25)21-13-15-5-3-2-4-6-15/h2-6,16H,7-14H2,1H3,(H,21,25). The maximum atomic E-state index is 12.4. The Morgan fingerprint density at radius 2 is 2.04 bits per heavy atom. The molecule has 1 saturated heterocycles. The van der Waals surface area contributed by atoms with Crippen molar-refractivity contribution in [2.45, 2.75) is 38.3 Å². The Bertz CT molecular complexity index is 764. The molecule has 0 unspecified atom stereocenters. The summed E-state index contributed by atoms with van der Waals surface area (Å²) < 4.78 is 7.67. The van der Waals surface area contributed by atoms with Crippen molar-refractivity contribution in [2.24, 2.45) is 7.05 Å². The fraction of sp³-hybridized carbons (Fsp3) is 0.500. The largest absolute Gasteiger partial charge is 0.376 e. The fourth-order valence-electron chi connectivity index (χ4n) is 4.01. The molecule has 6 nitrogen and oxygen atoms in total. The number of amides is 2. The summed E-state index contributed by atoms with van der Waals surface area (Å²) >= 11 is 0. The molecule has 0 aliphatic carbocycles. The summed E-state index contributed by atoms with van der Waals surface area (Å²) in [5.41, 5.74) is 4.91. The van der Waals surface area contributed by atoms with Crippen LogP contribution in [0, 0.1) is 0 Å². The van der Waals surface area contributed by atoms with Gasteiger partial charge in [0.1, 0.15) is 0 Å². The van der Waals surface area contributed by atoms with E-state index >= 15 is 0 Å². The number of urea groups is 1. The number of carbonyl (C=O) groups is 1. The number of nitrogens with zero attached hydrogens (tertiary/aromatic N) is 3. The van der Waals surface area contributed by atoms with E-state index in [1.165, 1.54) is 17.0 Å². The van der Waals surface area contributed by atoms with Gasteiger partial charge in [-0.25, -0.2) is 4.79 Å². The first kappa shape index (κ1) is 17.1. The maximum absolute atomic E-state index is 12.4. The van der Waals surface area contributed by atoms with Crippen molar-refractivity contribution in [3.63, 3.8) is 0 Å². The van der Waals surface area contributed by atoms with Gasteiger partial charge in [0.2, 0.25) is 0 Å². The first-order valence-electron chi connectivity index (χ1n) is 9.41. The summed E-state index contributed by atoms with van der Waals surface area (Å²) in [5.74, 6) is 0.421. The number of aromatic nitrogens is 2. The molecule has 0 spiro atoms. The van der Waals surface area contributed by atoms with Crippen LogP contribution in [0.5, 0.6) is 0 Å². The van der Waals surface area contributed by atoms with Crippen molar-refractivity contribution >= 4 is 6.03 Å². The van der Waals surface area contributed by atoms with Crippen molar-refractivity contribution in [3.05, 3.63) is 52.8 Å². The van der Waals surface area contributed by atoms with E-state index in [2.05, 4.69) is 5.32 Å². The van der Waals surface area contributed by atoms with Crippen LogP contribution < -0.4 is 5.32 Å². The molecular weight excluding hydrogens is 328 g/mol. The average molecular weight is 354 g/mol. The van der Waals surface area contributed by atoms with E-state index in [1.54, 1.807) is 0 Å². The van der Waals surface area contributed by atoms with Crippen molar-refractivity contribution in [2.75, 3.05) is 19.7 Å². The minimum atomic E-state index is 0.0266. The summed E-state index contributed by atoms with van der Waals surface area (Å²) in [7, 11) is 2.03. The molecule has 3 heterocycles. The monoisotopic (exact) mass is 354 g/mol. The van der Waals surface area contributed by atoms with Crippen LogP contribution in [0.3, 0.4) is 0 Å². The van der Waals surface area contributed by atoms with Crippen LogP contribution in [0.15, 0.2) is 30.3 Å². The molecular formula is C20H26N4O2. The summed E-state index contributed by atoms with van der Waals surface area (Å²) in [6, 6.07) is 10.0. The number of rotatable bonds is 3. The van der Waals surface area contributed by atoms with Gasteiger partial charge in [-0.15, -0.1) is 0 Å². The second-order valence-corrected chi connectivity index (χ2v) is 7.14. The van der Waals surface area contributed by atoms with E-state index in [0.717, 1.165) is 44.5 Å². The molecule has 0 atom stereocenters. The Kier molecular flexibility index (Phi) is 4.93. The van der Waals surface area contributed by atoms with Gasteiger partial charge in [0, 0.05) is 50.3 Å². The first-order chi connectivity index (χ1) is 12.7. The molecule has 2 aliphatic rings. The highest BCUT2D eigenvalue weighted by Crippen LogP contribution is 2.32. The molecule has 2 amide bonds. The first-order valence-corrected chi connectivity index (χ1v) is 9.41. The molecule has 1 fully saturated rings. The van der Waals surface area contributed by atoms with Gasteiger partial charge < -0.3 is 15.0 Å². The number of hydrogen-bond donors (Lipinski definition) is 1. The number of carbonyl (C=O) groups excluding carboxylic acids is 1. The van der Waals surface area contributed by atoms with Crippen LogP contribution in [0.25, 0.3) is 0 Å². The average Bonchev–Trinajstić information content (AvgIpc) is 3.04. The molecule has 0 saturated carbocycles. The Labute approximate surface area is 154 Å². The third-order valence-corrected chi connectivity index (χ3v) is 5.49. The summed E-state index contributed by atoms with van der Waals surface area (Å²) in [4.78, 5) is 14.3. The molecule has 0 radical (unpaired) electrons. The predicted octanol–water partition coefficient (Wildman–Crippen LogP) is 2.58. The Balaban J connectivity index is 1.33.